The zero-order valence-electron chi connectivity index (χ0n) is 14.1. The first-order valence-corrected chi connectivity index (χ1v) is 9.97. The number of hydrogen-bond acceptors (Lipinski definition) is 5. The van der Waals surface area contributed by atoms with Crippen molar-refractivity contribution in [2.24, 2.45) is 0 Å². The maximum absolute atomic E-state index is 12.8. The summed E-state index contributed by atoms with van der Waals surface area (Å²) >= 11 is 0. The first-order valence-electron chi connectivity index (χ1n) is 8.07. The predicted molar refractivity (Wildman–Crippen MR) is 101 cm³/mol. The topological polar surface area (TPSA) is 107 Å². The average molecular weight is 359 g/mol. The van der Waals surface area contributed by atoms with E-state index in [4.69, 9.17) is 5.73 Å². The van der Waals surface area contributed by atoms with Crippen LogP contribution in [-0.2, 0) is 16.1 Å². The van der Waals surface area contributed by atoms with Gasteiger partial charge in [0.05, 0.1) is 6.54 Å². The molecule has 0 aliphatic rings. The number of fused-ring (bicyclic) bond motifs is 1. The largest absolute Gasteiger partial charge is 0.382 e. The van der Waals surface area contributed by atoms with E-state index >= 15 is 0 Å². The van der Waals surface area contributed by atoms with Crippen molar-refractivity contribution in [1.82, 2.24) is 19.5 Å². The van der Waals surface area contributed by atoms with Gasteiger partial charge in [-0.2, -0.15) is 0 Å². The molecule has 0 aliphatic heterocycles. The number of H-pyrrole nitrogens is 1. The number of hydrogen-bond donors (Lipinski definition) is 2. The standard InChI is InChI=1S/C17H21N5O2S/c1-3-4-10-25(2,24)16-20-14(18)13-15(21-16)22(17(23)19-13)11-12-8-6-5-7-9-12/h5-9H,2-4,10-11H2,1H3,(H,19,23)(H2,18,20,21). The van der Waals surface area contributed by atoms with Crippen molar-refractivity contribution in [3.8, 4) is 0 Å². The average Bonchev–Trinajstić information content (AvgIpc) is 2.91. The number of unbranched alkanes of at least 4 members (excludes halogenated alkanes) is 1. The number of rotatable bonds is 6. The summed E-state index contributed by atoms with van der Waals surface area (Å²) in [6, 6.07) is 9.55. The molecule has 0 saturated carbocycles. The van der Waals surface area contributed by atoms with Crippen molar-refractivity contribution in [1.29, 1.82) is 0 Å². The lowest BCUT2D eigenvalue weighted by Gasteiger charge is -2.09. The van der Waals surface area contributed by atoms with E-state index in [0.29, 0.717) is 23.5 Å². The van der Waals surface area contributed by atoms with Crippen LogP contribution >= 0.6 is 0 Å². The third-order valence-electron chi connectivity index (χ3n) is 3.97. The van der Waals surface area contributed by atoms with Gasteiger partial charge in [-0.3, -0.25) is 8.78 Å². The van der Waals surface area contributed by atoms with E-state index in [9.17, 15) is 9.00 Å². The molecule has 0 saturated heterocycles. The number of benzene rings is 1. The molecule has 3 N–H and O–H groups in total. The summed E-state index contributed by atoms with van der Waals surface area (Å²) in [6.07, 6.45) is 1.65. The Balaban J connectivity index is 2.13. The van der Waals surface area contributed by atoms with Crippen LogP contribution in [0.25, 0.3) is 11.2 Å². The van der Waals surface area contributed by atoms with Gasteiger partial charge in [-0.25, -0.2) is 14.8 Å². The monoisotopic (exact) mass is 359 g/mol. The lowest BCUT2D eigenvalue weighted by atomic mass is 10.2. The number of nitrogen functional groups attached to an aromatic ring is 1. The van der Waals surface area contributed by atoms with Gasteiger partial charge < -0.3 is 10.7 Å². The molecule has 0 aliphatic carbocycles. The summed E-state index contributed by atoms with van der Waals surface area (Å²) in [7, 11) is -2.65. The Kier molecular flexibility index (Phi) is 4.63. The summed E-state index contributed by atoms with van der Waals surface area (Å²) in [6.45, 7) is 2.35. The van der Waals surface area contributed by atoms with Gasteiger partial charge in [0.15, 0.2) is 11.5 Å². The van der Waals surface area contributed by atoms with Crippen LogP contribution in [0.3, 0.4) is 0 Å². The molecule has 0 bridgehead atoms. The lowest BCUT2D eigenvalue weighted by Crippen LogP contribution is -2.18. The molecule has 7 nitrogen and oxygen atoms in total. The van der Waals surface area contributed by atoms with Crippen molar-refractivity contribution in [2.45, 2.75) is 31.5 Å². The highest BCUT2D eigenvalue weighted by Crippen LogP contribution is 2.18. The van der Waals surface area contributed by atoms with E-state index in [0.717, 1.165) is 18.4 Å². The Morgan fingerprint density at radius 2 is 2.00 bits per heavy atom. The van der Waals surface area contributed by atoms with Crippen molar-refractivity contribution < 1.29 is 4.21 Å². The molecule has 8 heteroatoms. The van der Waals surface area contributed by atoms with Gasteiger partial charge in [0.25, 0.3) is 0 Å². The second-order valence-corrected chi connectivity index (χ2v) is 8.36. The summed E-state index contributed by atoms with van der Waals surface area (Å²) in [5.41, 5.74) is 7.30. The van der Waals surface area contributed by atoms with Crippen LogP contribution in [0.2, 0.25) is 0 Å². The minimum atomic E-state index is -2.65. The highest BCUT2D eigenvalue weighted by molar-refractivity contribution is 8.00. The molecule has 0 spiro atoms. The Bertz CT molecular complexity index is 1050. The molecule has 1 atom stereocenters. The fourth-order valence-corrected chi connectivity index (χ4v) is 4.03. The highest BCUT2D eigenvalue weighted by Gasteiger charge is 2.18. The molecule has 25 heavy (non-hydrogen) atoms. The fourth-order valence-electron chi connectivity index (χ4n) is 2.58. The van der Waals surface area contributed by atoms with Crippen molar-refractivity contribution >= 4 is 32.4 Å². The molecule has 1 aromatic carbocycles. The molecular formula is C17H21N5O2S. The molecule has 0 radical (unpaired) electrons. The van der Waals surface area contributed by atoms with Crippen LogP contribution in [0.1, 0.15) is 25.3 Å². The van der Waals surface area contributed by atoms with Gasteiger partial charge in [-0.15, -0.1) is 0 Å². The van der Waals surface area contributed by atoms with Crippen LogP contribution < -0.4 is 11.4 Å². The second-order valence-electron chi connectivity index (χ2n) is 5.96. The Hall–Kier alpha value is -2.61. The Morgan fingerprint density at radius 3 is 2.68 bits per heavy atom. The van der Waals surface area contributed by atoms with Crippen molar-refractivity contribution in [3.63, 3.8) is 0 Å². The van der Waals surface area contributed by atoms with Crippen LogP contribution in [0.15, 0.2) is 40.3 Å². The number of nitrogens with one attached hydrogen (secondary N) is 1. The molecule has 3 rings (SSSR count). The SMILES string of the molecule is C=S(=O)(CCCC)c1nc(N)c2[nH]c(=O)n(Cc3ccccc3)c2n1. The minimum absolute atomic E-state index is 0.103. The third-order valence-corrected chi connectivity index (χ3v) is 5.77. The van der Waals surface area contributed by atoms with Crippen LogP contribution in [0.5, 0.6) is 0 Å². The number of imidazole rings is 1. The number of anilines is 1. The van der Waals surface area contributed by atoms with Gasteiger partial charge in [0, 0.05) is 15.3 Å². The molecule has 3 aromatic rings. The minimum Gasteiger partial charge on any atom is -0.382 e. The van der Waals surface area contributed by atoms with E-state index in [-0.39, 0.29) is 16.7 Å². The van der Waals surface area contributed by atoms with Crippen molar-refractivity contribution in [3.05, 3.63) is 46.4 Å². The maximum atomic E-state index is 12.8. The summed E-state index contributed by atoms with van der Waals surface area (Å²) in [5, 5.41) is 0.103. The Labute approximate surface area is 145 Å². The zero-order chi connectivity index (χ0) is 18.0. The second kappa shape index (κ2) is 6.72. The molecule has 0 fully saturated rings. The normalized spacial score (nSPS) is 13.8. The first kappa shape index (κ1) is 17.2. The smallest absolute Gasteiger partial charge is 0.328 e. The fraction of sp³-hybridized carbons (Fsp3) is 0.294. The molecule has 132 valence electrons. The van der Waals surface area contributed by atoms with E-state index in [1.54, 1.807) is 0 Å². The number of aromatic amines is 1. The molecule has 0 amide bonds. The van der Waals surface area contributed by atoms with Crippen LogP contribution in [0, 0.1) is 0 Å². The number of nitrogens with two attached hydrogens (primary N) is 1. The Morgan fingerprint density at radius 1 is 1.28 bits per heavy atom. The number of aromatic nitrogens is 4. The van der Waals surface area contributed by atoms with Gasteiger partial charge >= 0.3 is 5.69 Å². The number of nitrogens with zero attached hydrogens (tertiary/aromatic N) is 3. The quantitative estimate of drug-likeness (QED) is 0.514. The molecule has 2 heterocycles. The first-order chi connectivity index (χ1) is 11.9. The van der Waals surface area contributed by atoms with E-state index < -0.39 is 9.52 Å². The summed E-state index contributed by atoms with van der Waals surface area (Å²) in [4.78, 5) is 23.5. The zero-order valence-corrected chi connectivity index (χ0v) is 14.9. The maximum Gasteiger partial charge on any atom is 0.328 e. The summed E-state index contributed by atoms with van der Waals surface area (Å²) in [5.74, 6) is 4.29. The van der Waals surface area contributed by atoms with Crippen molar-refractivity contribution in [2.75, 3.05) is 11.5 Å². The van der Waals surface area contributed by atoms with Gasteiger partial charge in [-0.05, 0) is 17.9 Å². The third kappa shape index (κ3) is 3.43. The molecule has 1 unspecified atom stereocenters. The van der Waals surface area contributed by atoms with Gasteiger partial charge in [0.2, 0.25) is 5.16 Å². The van der Waals surface area contributed by atoms with E-state index in [1.165, 1.54) is 4.57 Å². The highest BCUT2D eigenvalue weighted by atomic mass is 32.2. The molecule has 2 aromatic heterocycles. The van der Waals surface area contributed by atoms with Crippen LogP contribution in [0.4, 0.5) is 5.82 Å². The van der Waals surface area contributed by atoms with Crippen LogP contribution in [-0.4, -0.2) is 35.4 Å². The lowest BCUT2D eigenvalue weighted by molar-refractivity contribution is 0.669. The van der Waals surface area contributed by atoms with E-state index in [1.807, 2.05) is 37.3 Å². The van der Waals surface area contributed by atoms with E-state index in [2.05, 4.69) is 20.8 Å². The predicted octanol–water partition coefficient (Wildman–Crippen LogP) is 1.63. The molecular weight excluding hydrogens is 338 g/mol. The van der Waals surface area contributed by atoms with Gasteiger partial charge in [-0.1, -0.05) is 43.7 Å². The van der Waals surface area contributed by atoms with Gasteiger partial charge in [0.1, 0.15) is 5.52 Å². The summed E-state index contributed by atoms with van der Waals surface area (Å²) < 4.78 is 14.3.